The zero-order chi connectivity index (χ0) is 15.5. The molecular weight excluding hydrogens is 278 g/mol. The molecule has 0 unspecified atom stereocenters. The summed E-state index contributed by atoms with van der Waals surface area (Å²) in [5, 5.41) is 13.9. The molecule has 1 saturated carbocycles. The highest BCUT2D eigenvalue weighted by atomic mass is 16.4. The largest absolute Gasteiger partial charge is 0.481 e. The maximum absolute atomic E-state index is 12.0. The Bertz CT molecular complexity index is 654. The number of carbonyl (C=O) groups is 2. The van der Waals surface area contributed by atoms with Crippen LogP contribution in [0.5, 0.6) is 0 Å². The summed E-state index contributed by atoms with van der Waals surface area (Å²) in [7, 11) is 0. The molecular formula is C13H17N3O5. The van der Waals surface area contributed by atoms with Gasteiger partial charge < -0.3 is 10.4 Å². The van der Waals surface area contributed by atoms with Crippen LogP contribution in [0.4, 0.5) is 0 Å². The number of carbonyl (C=O) groups excluding carboxylic acids is 1. The van der Waals surface area contributed by atoms with Crippen molar-refractivity contribution >= 4 is 11.9 Å². The minimum absolute atomic E-state index is 0.140. The van der Waals surface area contributed by atoms with Crippen molar-refractivity contribution in [3.05, 3.63) is 32.8 Å². The topological polar surface area (TPSA) is 121 Å². The number of H-pyrrole nitrogens is 1. The number of carboxylic acid groups (broad SMARTS) is 1. The van der Waals surface area contributed by atoms with Gasteiger partial charge in [-0.05, 0) is 12.8 Å². The third-order valence-electron chi connectivity index (χ3n) is 3.65. The standard InChI is InChI=1S/C13H17N3O5/c17-9-3-4-11(19)16(15-9)8-10(18)14-13(7-12(20)21)5-1-2-6-13/h3-4H,1-2,5-8H2,(H,14,18)(H,15,17)(H,20,21). The molecule has 1 aliphatic carbocycles. The van der Waals surface area contributed by atoms with Gasteiger partial charge in [0.15, 0.2) is 0 Å². The Morgan fingerprint density at radius 1 is 1.29 bits per heavy atom. The molecule has 1 aromatic heterocycles. The van der Waals surface area contributed by atoms with Crippen LogP contribution in [-0.2, 0) is 16.1 Å². The fourth-order valence-corrected chi connectivity index (χ4v) is 2.75. The molecule has 8 heteroatoms. The number of nitrogens with zero attached hydrogens (tertiary/aromatic N) is 1. The monoisotopic (exact) mass is 295 g/mol. The lowest BCUT2D eigenvalue weighted by Gasteiger charge is -2.28. The van der Waals surface area contributed by atoms with Gasteiger partial charge >= 0.3 is 5.97 Å². The summed E-state index contributed by atoms with van der Waals surface area (Å²) in [6.07, 6.45) is 2.78. The van der Waals surface area contributed by atoms with Crippen molar-refractivity contribution in [2.45, 2.75) is 44.2 Å². The summed E-state index contributed by atoms with van der Waals surface area (Å²) in [6.45, 7) is -0.337. The Kier molecular flexibility index (Phi) is 4.25. The van der Waals surface area contributed by atoms with Crippen LogP contribution in [0.25, 0.3) is 0 Å². The fraction of sp³-hybridized carbons (Fsp3) is 0.538. The van der Waals surface area contributed by atoms with Gasteiger partial charge in [-0.1, -0.05) is 12.8 Å². The number of rotatable bonds is 5. The highest BCUT2D eigenvalue weighted by Gasteiger charge is 2.37. The van der Waals surface area contributed by atoms with E-state index in [4.69, 9.17) is 5.11 Å². The molecule has 1 amide bonds. The van der Waals surface area contributed by atoms with Crippen LogP contribution in [0, 0.1) is 0 Å². The predicted octanol–water partition coefficient (Wildman–Crippen LogP) is -0.560. The lowest BCUT2D eigenvalue weighted by molar-refractivity contribution is -0.139. The second-order valence-electron chi connectivity index (χ2n) is 5.34. The Morgan fingerprint density at radius 3 is 2.57 bits per heavy atom. The van der Waals surface area contributed by atoms with Crippen molar-refractivity contribution in [3.63, 3.8) is 0 Å². The van der Waals surface area contributed by atoms with E-state index in [0.29, 0.717) is 12.8 Å². The lowest BCUT2D eigenvalue weighted by atomic mass is 9.93. The molecule has 2 rings (SSSR count). The van der Waals surface area contributed by atoms with E-state index in [1.807, 2.05) is 0 Å². The van der Waals surface area contributed by atoms with E-state index in [1.165, 1.54) is 0 Å². The molecule has 8 nitrogen and oxygen atoms in total. The first-order chi connectivity index (χ1) is 9.90. The van der Waals surface area contributed by atoms with Gasteiger partial charge in [0.2, 0.25) is 5.91 Å². The van der Waals surface area contributed by atoms with Crippen molar-refractivity contribution in [1.29, 1.82) is 0 Å². The Balaban J connectivity index is 2.09. The minimum Gasteiger partial charge on any atom is -0.481 e. The van der Waals surface area contributed by atoms with E-state index < -0.39 is 28.5 Å². The average Bonchev–Trinajstić information content (AvgIpc) is 2.80. The van der Waals surface area contributed by atoms with Gasteiger partial charge in [0.25, 0.3) is 11.1 Å². The molecule has 1 aromatic rings. The van der Waals surface area contributed by atoms with E-state index in [2.05, 4.69) is 10.4 Å². The third kappa shape index (κ3) is 3.80. The van der Waals surface area contributed by atoms with E-state index >= 15 is 0 Å². The van der Waals surface area contributed by atoms with E-state index in [0.717, 1.165) is 29.7 Å². The molecule has 114 valence electrons. The third-order valence-corrected chi connectivity index (χ3v) is 3.65. The van der Waals surface area contributed by atoms with Gasteiger partial charge in [-0.3, -0.25) is 24.3 Å². The van der Waals surface area contributed by atoms with Gasteiger partial charge in [0.05, 0.1) is 12.0 Å². The minimum atomic E-state index is -0.970. The maximum Gasteiger partial charge on any atom is 0.305 e. The van der Waals surface area contributed by atoms with Gasteiger partial charge in [-0.15, -0.1) is 0 Å². The van der Waals surface area contributed by atoms with Crippen molar-refractivity contribution in [3.8, 4) is 0 Å². The Labute approximate surface area is 119 Å². The van der Waals surface area contributed by atoms with Crippen LogP contribution in [-0.4, -0.2) is 32.3 Å². The number of aromatic nitrogens is 2. The summed E-state index contributed by atoms with van der Waals surface area (Å²) < 4.78 is 0.904. The van der Waals surface area contributed by atoms with Gasteiger partial charge in [0.1, 0.15) is 6.54 Å². The zero-order valence-electron chi connectivity index (χ0n) is 11.4. The second kappa shape index (κ2) is 5.94. The number of amides is 1. The van der Waals surface area contributed by atoms with Crippen LogP contribution in [0.3, 0.4) is 0 Å². The highest BCUT2D eigenvalue weighted by molar-refractivity contribution is 5.78. The molecule has 1 aliphatic rings. The first kappa shape index (κ1) is 15.0. The predicted molar refractivity (Wildman–Crippen MR) is 72.9 cm³/mol. The van der Waals surface area contributed by atoms with E-state index in [1.54, 1.807) is 0 Å². The number of carboxylic acids is 1. The number of aliphatic carboxylic acids is 1. The number of nitrogens with one attached hydrogen (secondary N) is 2. The first-order valence-electron chi connectivity index (χ1n) is 6.73. The molecule has 0 spiro atoms. The number of aromatic amines is 1. The van der Waals surface area contributed by atoms with E-state index in [9.17, 15) is 19.2 Å². The fourth-order valence-electron chi connectivity index (χ4n) is 2.75. The van der Waals surface area contributed by atoms with Crippen molar-refractivity contribution < 1.29 is 14.7 Å². The van der Waals surface area contributed by atoms with Crippen LogP contribution >= 0.6 is 0 Å². The maximum atomic E-state index is 12.0. The molecule has 1 fully saturated rings. The second-order valence-corrected chi connectivity index (χ2v) is 5.34. The van der Waals surface area contributed by atoms with Gasteiger partial charge in [-0.25, -0.2) is 4.68 Å². The SMILES string of the molecule is O=C(O)CC1(NC(=O)Cn2[nH]c(=O)ccc2=O)CCCC1. The number of hydrogen-bond acceptors (Lipinski definition) is 4. The summed E-state index contributed by atoms with van der Waals surface area (Å²) in [4.78, 5) is 45.7. The summed E-state index contributed by atoms with van der Waals surface area (Å²) in [5.41, 5.74) is -1.73. The normalized spacial score (nSPS) is 16.6. The summed E-state index contributed by atoms with van der Waals surface area (Å²) in [6, 6.07) is 2.16. The molecule has 1 heterocycles. The average molecular weight is 295 g/mol. The smallest absolute Gasteiger partial charge is 0.305 e. The first-order valence-corrected chi connectivity index (χ1v) is 6.73. The van der Waals surface area contributed by atoms with Crippen LogP contribution in [0.2, 0.25) is 0 Å². The van der Waals surface area contributed by atoms with Crippen LogP contribution in [0.1, 0.15) is 32.1 Å². The quantitative estimate of drug-likeness (QED) is 0.672. The van der Waals surface area contributed by atoms with Gasteiger partial charge in [0, 0.05) is 12.1 Å². The Hall–Kier alpha value is -2.38. The molecule has 0 saturated heterocycles. The van der Waals surface area contributed by atoms with Crippen molar-refractivity contribution in [2.75, 3.05) is 0 Å². The molecule has 3 N–H and O–H groups in total. The molecule has 0 bridgehead atoms. The molecule has 0 radical (unpaired) electrons. The molecule has 0 atom stereocenters. The number of hydrogen-bond donors (Lipinski definition) is 3. The zero-order valence-corrected chi connectivity index (χ0v) is 11.4. The lowest BCUT2D eigenvalue weighted by Crippen LogP contribution is -2.49. The molecule has 0 aromatic carbocycles. The van der Waals surface area contributed by atoms with Crippen LogP contribution < -0.4 is 16.4 Å². The highest BCUT2D eigenvalue weighted by Crippen LogP contribution is 2.32. The molecule has 0 aliphatic heterocycles. The summed E-state index contributed by atoms with van der Waals surface area (Å²) >= 11 is 0. The van der Waals surface area contributed by atoms with Crippen LogP contribution in [0.15, 0.2) is 21.7 Å². The summed E-state index contributed by atoms with van der Waals surface area (Å²) in [5.74, 6) is -1.45. The van der Waals surface area contributed by atoms with Crippen molar-refractivity contribution in [1.82, 2.24) is 15.1 Å². The molecule has 21 heavy (non-hydrogen) atoms. The van der Waals surface area contributed by atoms with Crippen molar-refractivity contribution in [2.24, 2.45) is 0 Å². The Morgan fingerprint density at radius 2 is 1.95 bits per heavy atom. The van der Waals surface area contributed by atoms with E-state index in [-0.39, 0.29) is 13.0 Å². The van der Waals surface area contributed by atoms with Gasteiger partial charge in [-0.2, -0.15) is 0 Å².